The van der Waals surface area contributed by atoms with Gasteiger partial charge in [-0.05, 0) is 25.7 Å². The van der Waals surface area contributed by atoms with Crippen LogP contribution in [0.5, 0.6) is 0 Å². The third kappa shape index (κ3) is 17.7. The molecule has 0 aliphatic carbocycles. The Kier molecular flexibility index (Phi) is 17.8. The Balaban J connectivity index is 3.54. The van der Waals surface area contributed by atoms with Gasteiger partial charge in [0.05, 0.1) is 11.4 Å². The number of rotatable bonds is 20. The first-order chi connectivity index (χ1) is 12.9. The zero-order chi connectivity index (χ0) is 20.4. The van der Waals surface area contributed by atoms with Gasteiger partial charge in [0.15, 0.2) is 0 Å². The lowest BCUT2D eigenvalue weighted by atomic mass is 10.0. The molecule has 0 aromatic rings. The summed E-state index contributed by atoms with van der Waals surface area (Å²) < 4.78 is 32.1. The van der Waals surface area contributed by atoms with Crippen LogP contribution in [0.3, 0.4) is 0 Å². The highest BCUT2D eigenvalue weighted by molar-refractivity contribution is 7.86. The van der Waals surface area contributed by atoms with Gasteiger partial charge < -0.3 is 5.11 Å². The molecule has 0 spiro atoms. The van der Waals surface area contributed by atoms with Crippen LogP contribution in [0.2, 0.25) is 0 Å². The number of aliphatic hydroxyl groups is 1. The van der Waals surface area contributed by atoms with Crippen LogP contribution in [0.4, 0.5) is 0 Å². The van der Waals surface area contributed by atoms with Gasteiger partial charge >= 0.3 is 0 Å². The molecule has 27 heavy (non-hydrogen) atoms. The van der Waals surface area contributed by atoms with Gasteiger partial charge in [-0.1, -0.05) is 104 Å². The highest BCUT2D eigenvalue weighted by atomic mass is 32.2. The molecule has 2 atom stereocenters. The Morgan fingerprint density at radius 2 is 0.963 bits per heavy atom. The van der Waals surface area contributed by atoms with Crippen molar-refractivity contribution in [2.75, 3.05) is 0 Å². The van der Waals surface area contributed by atoms with Crippen molar-refractivity contribution < 1.29 is 18.1 Å². The van der Waals surface area contributed by atoms with Crippen molar-refractivity contribution in [3.63, 3.8) is 0 Å². The molecule has 0 aromatic carbocycles. The third-order valence-electron chi connectivity index (χ3n) is 5.51. The fourth-order valence-corrected chi connectivity index (χ4v) is 4.57. The Hall–Kier alpha value is -0.130. The lowest BCUT2D eigenvalue weighted by Crippen LogP contribution is -2.20. The van der Waals surface area contributed by atoms with Crippen molar-refractivity contribution >= 4 is 10.1 Å². The van der Waals surface area contributed by atoms with Crippen molar-refractivity contribution in [2.45, 2.75) is 141 Å². The van der Waals surface area contributed by atoms with Gasteiger partial charge in [0, 0.05) is 0 Å². The predicted octanol–water partition coefficient (Wildman–Crippen LogP) is 6.67. The minimum absolute atomic E-state index is 0.154. The molecule has 0 radical (unpaired) electrons. The summed E-state index contributed by atoms with van der Waals surface area (Å²) in [6.07, 6.45) is 18.7. The molecular weight excluding hydrogens is 360 g/mol. The topological polar surface area (TPSA) is 74.6 Å². The standard InChI is InChI=1S/C22H46O4S/c1-3-5-7-8-9-11-14-17-21(23)18-15-12-10-13-16-20-22(19-6-4-2)27(24,25)26/h21-23H,3-20H2,1-2H3,(H,24,25,26). The molecule has 4 nitrogen and oxygen atoms in total. The van der Waals surface area contributed by atoms with E-state index in [4.69, 9.17) is 0 Å². The monoisotopic (exact) mass is 406 g/mol. The van der Waals surface area contributed by atoms with Crippen LogP contribution in [0.1, 0.15) is 129 Å². The number of unbranched alkanes of at least 4 members (excludes halogenated alkanes) is 11. The summed E-state index contributed by atoms with van der Waals surface area (Å²) in [5, 5.41) is 9.46. The summed E-state index contributed by atoms with van der Waals surface area (Å²) in [6, 6.07) is 0. The van der Waals surface area contributed by atoms with E-state index in [-0.39, 0.29) is 6.10 Å². The number of hydrogen-bond donors (Lipinski definition) is 2. The molecule has 0 heterocycles. The molecule has 0 aliphatic rings. The molecule has 164 valence electrons. The zero-order valence-corrected chi connectivity index (χ0v) is 18.8. The van der Waals surface area contributed by atoms with Crippen LogP contribution >= 0.6 is 0 Å². The molecule has 0 bridgehead atoms. The first-order valence-electron chi connectivity index (χ1n) is 11.6. The minimum atomic E-state index is -3.90. The smallest absolute Gasteiger partial charge is 0.267 e. The molecule has 0 saturated carbocycles. The molecule has 2 N–H and O–H groups in total. The molecular formula is C22H46O4S. The van der Waals surface area contributed by atoms with Crippen LogP contribution in [0, 0.1) is 0 Å². The highest BCUT2D eigenvalue weighted by Crippen LogP contribution is 2.18. The first-order valence-corrected chi connectivity index (χ1v) is 13.1. The van der Waals surface area contributed by atoms with E-state index in [0.29, 0.717) is 12.8 Å². The van der Waals surface area contributed by atoms with Crippen LogP contribution in [0.15, 0.2) is 0 Å². The Labute approximate surface area is 169 Å². The van der Waals surface area contributed by atoms with E-state index in [9.17, 15) is 18.1 Å². The Morgan fingerprint density at radius 3 is 1.41 bits per heavy atom. The summed E-state index contributed by atoms with van der Waals surface area (Å²) in [5.74, 6) is 0. The summed E-state index contributed by atoms with van der Waals surface area (Å²) in [4.78, 5) is 0. The molecule has 0 rings (SSSR count). The molecule has 0 saturated heterocycles. The second kappa shape index (κ2) is 17.9. The van der Waals surface area contributed by atoms with Gasteiger partial charge in [0.1, 0.15) is 0 Å². The summed E-state index contributed by atoms with van der Waals surface area (Å²) in [7, 11) is -3.90. The Morgan fingerprint density at radius 1 is 0.593 bits per heavy atom. The molecule has 2 unspecified atom stereocenters. The third-order valence-corrected chi connectivity index (χ3v) is 6.82. The largest absolute Gasteiger partial charge is 0.393 e. The normalized spacial score (nSPS) is 14.4. The van der Waals surface area contributed by atoms with Crippen LogP contribution in [0.25, 0.3) is 0 Å². The summed E-state index contributed by atoms with van der Waals surface area (Å²) in [5.41, 5.74) is 0. The van der Waals surface area contributed by atoms with Crippen molar-refractivity contribution in [3.05, 3.63) is 0 Å². The van der Waals surface area contributed by atoms with E-state index in [2.05, 4.69) is 6.92 Å². The molecule has 5 heteroatoms. The van der Waals surface area contributed by atoms with Crippen molar-refractivity contribution in [1.29, 1.82) is 0 Å². The zero-order valence-electron chi connectivity index (χ0n) is 18.0. The highest BCUT2D eigenvalue weighted by Gasteiger charge is 2.21. The lowest BCUT2D eigenvalue weighted by molar-refractivity contribution is 0.147. The van der Waals surface area contributed by atoms with Gasteiger partial charge in [-0.2, -0.15) is 8.42 Å². The van der Waals surface area contributed by atoms with E-state index in [1.807, 2.05) is 6.92 Å². The van der Waals surface area contributed by atoms with E-state index in [0.717, 1.165) is 64.2 Å². The summed E-state index contributed by atoms with van der Waals surface area (Å²) in [6.45, 7) is 4.27. The van der Waals surface area contributed by atoms with Crippen molar-refractivity contribution in [1.82, 2.24) is 0 Å². The van der Waals surface area contributed by atoms with Crippen molar-refractivity contribution in [2.24, 2.45) is 0 Å². The maximum Gasteiger partial charge on any atom is 0.267 e. The molecule has 0 aliphatic heterocycles. The lowest BCUT2D eigenvalue weighted by Gasteiger charge is -2.13. The number of hydrogen-bond acceptors (Lipinski definition) is 3. The van der Waals surface area contributed by atoms with Gasteiger partial charge in [-0.15, -0.1) is 0 Å². The second-order valence-electron chi connectivity index (χ2n) is 8.19. The number of aliphatic hydroxyl groups excluding tert-OH is 1. The fourth-order valence-electron chi connectivity index (χ4n) is 3.64. The average molecular weight is 407 g/mol. The van der Waals surface area contributed by atoms with Gasteiger partial charge in [0.2, 0.25) is 0 Å². The first kappa shape index (κ1) is 26.9. The molecule has 0 amide bonds. The fraction of sp³-hybridized carbons (Fsp3) is 1.00. The molecule has 0 aromatic heterocycles. The van der Waals surface area contributed by atoms with Gasteiger partial charge in [-0.3, -0.25) is 4.55 Å². The van der Waals surface area contributed by atoms with Gasteiger partial charge in [-0.25, -0.2) is 0 Å². The van der Waals surface area contributed by atoms with Crippen LogP contribution < -0.4 is 0 Å². The van der Waals surface area contributed by atoms with Gasteiger partial charge in [0.25, 0.3) is 10.1 Å². The van der Waals surface area contributed by atoms with E-state index in [1.165, 1.54) is 38.5 Å². The maximum atomic E-state index is 11.4. The maximum absolute atomic E-state index is 11.4. The SMILES string of the molecule is CCCCCCCCCC(O)CCCCCCCC(CCCC)S(=O)(=O)O. The van der Waals surface area contributed by atoms with E-state index < -0.39 is 15.4 Å². The predicted molar refractivity (Wildman–Crippen MR) is 116 cm³/mol. The molecule has 0 fully saturated rings. The quantitative estimate of drug-likeness (QED) is 0.175. The Bertz CT molecular complexity index is 409. The van der Waals surface area contributed by atoms with Crippen LogP contribution in [-0.4, -0.2) is 29.4 Å². The van der Waals surface area contributed by atoms with E-state index in [1.54, 1.807) is 0 Å². The van der Waals surface area contributed by atoms with E-state index >= 15 is 0 Å². The summed E-state index contributed by atoms with van der Waals surface area (Å²) >= 11 is 0. The average Bonchev–Trinajstić information content (AvgIpc) is 2.61. The minimum Gasteiger partial charge on any atom is -0.393 e. The van der Waals surface area contributed by atoms with Crippen LogP contribution in [-0.2, 0) is 10.1 Å². The second-order valence-corrected chi connectivity index (χ2v) is 9.88. The van der Waals surface area contributed by atoms with Crippen molar-refractivity contribution in [3.8, 4) is 0 Å².